The van der Waals surface area contributed by atoms with Crippen LogP contribution < -0.4 is 10.9 Å². The molecule has 1 atom stereocenters. The summed E-state index contributed by atoms with van der Waals surface area (Å²) >= 11 is 1.34. The first-order valence-electron chi connectivity index (χ1n) is 10.1. The number of nitrogens with zero attached hydrogens (tertiary/aromatic N) is 2. The van der Waals surface area contributed by atoms with E-state index in [1.165, 1.54) is 11.8 Å². The maximum Gasteiger partial charge on any atom is 0.262 e. The Morgan fingerprint density at radius 2 is 1.80 bits per heavy atom. The van der Waals surface area contributed by atoms with Crippen LogP contribution in [0.3, 0.4) is 0 Å². The van der Waals surface area contributed by atoms with E-state index >= 15 is 0 Å². The fraction of sp³-hybridized carbons (Fsp3) is 0.208. The topological polar surface area (TPSA) is 64.0 Å². The molecule has 1 aliphatic rings. The molecule has 1 fully saturated rings. The zero-order valence-corrected chi connectivity index (χ0v) is 17.4. The number of carbonyl (C=O) groups is 1. The number of hydrogen-bond donors (Lipinski definition) is 1. The molecule has 150 valence electrons. The van der Waals surface area contributed by atoms with Gasteiger partial charge in [0.05, 0.1) is 16.2 Å². The highest BCUT2D eigenvalue weighted by atomic mass is 32.2. The average molecular weight is 416 g/mol. The number of nitrogens with one attached hydrogen (secondary N) is 1. The Kier molecular flexibility index (Phi) is 4.79. The molecule has 1 heterocycles. The fourth-order valence-electron chi connectivity index (χ4n) is 3.59. The number of hydrogen-bond acceptors (Lipinski definition) is 4. The number of anilines is 1. The summed E-state index contributed by atoms with van der Waals surface area (Å²) in [5.74, 6) is -0.111. The molecule has 5 rings (SSSR count). The molecule has 1 aromatic heterocycles. The van der Waals surface area contributed by atoms with Gasteiger partial charge in [-0.1, -0.05) is 54.2 Å². The van der Waals surface area contributed by atoms with E-state index in [9.17, 15) is 9.59 Å². The van der Waals surface area contributed by atoms with Gasteiger partial charge >= 0.3 is 0 Å². The molecule has 30 heavy (non-hydrogen) atoms. The Hall–Kier alpha value is -3.12. The fourth-order valence-corrected chi connectivity index (χ4v) is 4.56. The van der Waals surface area contributed by atoms with Crippen LogP contribution >= 0.6 is 11.8 Å². The molecular formula is C24H21N3O2S. The summed E-state index contributed by atoms with van der Waals surface area (Å²) in [5.41, 5.74) is 1.41. The van der Waals surface area contributed by atoms with Gasteiger partial charge in [-0.2, -0.15) is 0 Å². The quantitative estimate of drug-likeness (QED) is 0.368. The summed E-state index contributed by atoms with van der Waals surface area (Å²) in [4.78, 5) is 30.6. The molecule has 5 nitrogen and oxygen atoms in total. The minimum atomic E-state index is -0.394. The van der Waals surface area contributed by atoms with E-state index in [0.717, 1.165) is 29.3 Å². The molecule has 0 radical (unpaired) electrons. The Morgan fingerprint density at radius 3 is 2.60 bits per heavy atom. The number of carbonyl (C=O) groups excluding carboxylic acids is 1. The minimum Gasteiger partial charge on any atom is -0.325 e. The largest absolute Gasteiger partial charge is 0.325 e. The van der Waals surface area contributed by atoms with Crippen LogP contribution in [0, 0.1) is 0 Å². The van der Waals surface area contributed by atoms with Gasteiger partial charge in [-0.3, -0.25) is 14.2 Å². The first-order chi connectivity index (χ1) is 14.6. The van der Waals surface area contributed by atoms with Crippen LogP contribution in [0.25, 0.3) is 21.7 Å². The molecule has 6 heteroatoms. The van der Waals surface area contributed by atoms with Gasteiger partial charge < -0.3 is 5.32 Å². The number of thioether (sulfide) groups is 1. The van der Waals surface area contributed by atoms with E-state index in [-0.39, 0.29) is 17.5 Å². The van der Waals surface area contributed by atoms with E-state index < -0.39 is 5.25 Å². The van der Waals surface area contributed by atoms with Crippen molar-refractivity contribution in [1.29, 1.82) is 0 Å². The van der Waals surface area contributed by atoms with E-state index in [4.69, 9.17) is 4.98 Å². The summed E-state index contributed by atoms with van der Waals surface area (Å²) < 4.78 is 1.77. The molecule has 4 aromatic rings. The van der Waals surface area contributed by atoms with Gasteiger partial charge in [0.25, 0.3) is 5.56 Å². The summed E-state index contributed by atoms with van der Waals surface area (Å²) in [6.07, 6.45) is 1.95. The van der Waals surface area contributed by atoms with Gasteiger partial charge in [-0.25, -0.2) is 4.98 Å². The van der Waals surface area contributed by atoms with Crippen molar-refractivity contribution in [3.63, 3.8) is 0 Å². The molecule has 1 saturated carbocycles. The SMILES string of the molecule is C[C@H](Sc1nc2ccccc2c(=O)n1C1CC1)C(=O)Nc1ccc2ccccc2c1. The van der Waals surface area contributed by atoms with E-state index in [0.29, 0.717) is 16.1 Å². The van der Waals surface area contributed by atoms with Crippen molar-refractivity contribution in [3.8, 4) is 0 Å². The normalized spacial score (nSPS) is 14.7. The van der Waals surface area contributed by atoms with Gasteiger partial charge in [-0.05, 0) is 54.8 Å². The third-order valence-corrected chi connectivity index (χ3v) is 6.42. The molecule has 1 amide bonds. The lowest BCUT2D eigenvalue weighted by molar-refractivity contribution is -0.115. The predicted octanol–water partition coefficient (Wildman–Crippen LogP) is 5.00. The van der Waals surface area contributed by atoms with Crippen LogP contribution in [0.15, 0.2) is 76.7 Å². The lowest BCUT2D eigenvalue weighted by atomic mass is 10.1. The number of aromatic nitrogens is 2. The molecule has 0 saturated heterocycles. The average Bonchev–Trinajstić information content (AvgIpc) is 3.59. The third-order valence-electron chi connectivity index (χ3n) is 5.36. The minimum absolute atomic E-state index is 0.0206. The maximum absolute atomic E-state index is 13.0. The van der Waals surface area contributed by atoms with Crippen molar-refractivity contribution < 1.29 is 4.79 Å². The summed E-state index contributed by atoms with van der Waals surface area (Å²) in [6, 6.07) is 21.5. The number of para-hydroxylation sites is 1. The van der Waals surface area contributed by atoms with Crippen LogP contribution in [-0.2, 0) is 4.79 Å². The van der Waals surface area contributed by atoms with Gasteiger partial charge in [0.1, 0.15) is 0 Å². The number of rotatable bonds is 5. The van der Waals surface area contributed by atoms with E-state index in [1.807, 2.05) is 73.7 Å². The van der Waals surface area contributed by atoms with Gasteiger partial charge in [-0.15, -0.1) is 0 Å². The molecule has 0 aliphatic heterocycles. The Balaban J connectivity index is 1.41. The zero-order chi connectivity index (χ0) is 20.7. The van der Waals surface area contributed by atoms with Crippen LogP contribution in [0.4, 0.5) is 5.69 Å². The number of benzene rings is 3. The highest BCUT2D eigenvalue weighted by Gasteiger charge is 2.30. The summed E-state index contributed by atoms with van der Waals surface area (Å²) in [5, 5.41) is 6.05. The second kappa shape index (κ2) is 7.61. The Morgan fingerprint density at radius 1 is 1.07 bits per heavy atom. The molecular weight excluding hydrogens is 394 g/mol. The standard InChI is InChI=1S/C24H21N3O2S/c1-15(22(28)25-18-11-10-16-6-2-3-7-17(16)14-18)30-24-26-21-9-5-4-8-20(21)23(29)27(24)19-12-13-19/h2-11,14-15,19H,12-13H2,1H3,(H,25,28)/t15-/m0/s1. The second-order valence-corrected chi connectivity index (χ2v) is 8.94. The van der Waals surface area contributed by atoms with Crippen molar-refractivity contribution in [2.75, 3.05) is 5.32 Å². The second-order valence-electron chi connectivity index (χ2n) is 7.63. The van der Waals surface area contributed by atoms with E-state index in [1.54, 1.807) is 4.57 Å². The molecule has 3 aromatic carbocycles. The number of fused-ring (bicyclic) bond motifs is 2. The first-order valence-corrected chi connectivity index (χ1v) is 11.0. The van der Waals surface area contributed by atoms with Gasteiger partial charge in [0.15, 0.2) is 5.16 Å². The highest BCUT2D eigenvalue weighted by Crippen LogP contribution is 2.37. The van der Waals surface area contributed by atoms with Crippen LogP contribution in [-0.4, -0.2) is 20.7 Å². The van der Waals surface area contributed by atoms with Crippen molar-refractivity contribution in [2.45, 2.75) is 36.2 Å². The molecule has 0 spiro atoms. The lowest BCUT2D eigenvalue weighted by Gasteiger charge is -2.16. The predicted molar refractivity (Wildman–Crippen MR) is 122 cm³/mol. The summed E-state index contributed by atoms with van der Waals surface area (Å²) in [7, 11) is 0. The molecule has 0 unspecified atom stereocenters. The van der Waals surface area contributed by atoms with Crippen molar-refractivity contribution in [2.24, 2.45) is 0 Å². The molecule has 1 aliphatic carbocycles. The molecule has 1 N–H and O–H groups in total. The lowest BCUT2D eigenvalue weighted by Crippen LogP contribution is -2.26. The highest BCUT2D eigenvalue weighted by molar-refractivity contribution is 8.00. The van der Waals surface area contributed by atoms with Gasteiger partial charge in [0.2, 0.25) is 5.91 Å². The van der Waals surface area contributed by atoms with Crippen LogP contribution in [0.1, 0.15) is 25.8 Å². The van der Waals surface area contributed by atoms with Crippen LogP contribution in [0.2, 0.25) is 0 Å². The Labute approximate surface area is 178 Å². The Bertz CT molecular complexity index is 1330. The van der Waals surface area contributed by atoms with Crippen molar-refractivity contribution in [3.05, 3.63) is 77.1 Å². The van der Waals surface area contributed by atoms with Crippen molar-refractivity contribution in [1.82, 2.24) is 9.55 Å². The summed E-state index contributed by atoms with van der Waals surface area (Å²) in [6.45, 7) is 1.85. The van der Waals surface area contributed by atoms with Crippen molar-refractivity contribution >= 4 is 45.0 Å². The first kappa shape index (κ1) is 18.9. The van der Waals surface area contributed by atoms with Crippen LogP contribution in [0.5, 0.6) is 0 Å². The molecule has 0 bridgehead atoms. The zero-order valence-electron chi connectivity index (χ0n) is 16.5. The monoisotopic (exact) mass is 415 g/mol. The maximum atomic E-state index is 13.0. The smallest absolute Gasteiger partial charge is 0.262 e. The third kappa shape index (κ3) is 3.59. The van der Waals surface area contributed by atoms with E-state index in [2.05, 4.69) is 5.32 Å². The number of amides is 1. The van der Waals surface area contributed by atoms with Gasteiger partial charge in [0, 0.05) is 11.7 Å².